The van der Waals surface area contributed by atoms with Gasteiger partial charge in [0.15, 0.2) is 25.2 Å². The molecule has 25 nitrogen and oxygen atoms in total. The standard InChI is InChI=1S/C26H38O25.2CH4/c1-43-11-3(27)8(32)24(49-15(11)19(35)36)46-13-5(29)10(34)26(51-17(13)21(39)40)47-14-6(30)9(33)25(50-18(14)22(41)42)45-12-4(28)7(31)23(44-2)48-16(12)20(37)38;;/h3-18,23-34H,1-2H3,(H,35,36)(H,37,38)(H,39,40)(H,41,42);2*1H4/p-4/t3-,4?,5?,6+,7?,8?,9?,10?,11-,12-,13-,14-,15?,16+,17+,18?,23+,24+,25+,26+;;/m0../s1. The molecule has 8 unspecified atom stereocenters. The lowest BCUT2D eigenvalue weighted by Crippen LogP contribution is -2.70. The molecule has 20 atom stereocenters. The molecule has 0 radical (unpaired) electrons. The van der Waals surface area contributed by atoms with Crippen molar-refractivity contribution < 1.29 is 123 Å². The molecule has 4 saturated heterocycles. The normalized spacial score (nSPS) is 45.9. The van der Waals surface area contributed by atoms with Gasteiger partial charge in [-0.1, -0.05) is 14.9 Å². The summed E-state index contributed by atoms with van der Waals surface area (Å²) >= 11 is 0. The van der Waals surface area contributed by atoms with Crippen molar-refractivity contribution in [1.29, 1.82) is 0 Å². The van der Waals surface area contributed by atoms with Crippen molar-refractivity contribution >= 4 is 23.9 Å². The Labute approximate surface area is 299 Å². The number of rotatable bonds is 12. The molecule has 308 valence electrons. The lowest BCUT2D eigenvalue weighted by molar-refractivity contribution is -0.402. The third-order valence-electron chi connectivity index (χ3n) is 8.49. The summed E-state index contributed by atoms with van der Waals surface area (Å²) in [5.41, 5.74) is 0. The molecule has 0 aromatic rings. The van der Waals surface area contributed by atoms with Gasteiger partial charge in [0.05, 0.1) is 23.9 Å². The summed E-state index contributed by atoms with van der Waals surface area (Å²) in [7, 11) is 1.95. The van der Waals surface area contributed by atoms with Crippen LogP contribution in [0.2, 0.25) is 0 Å². The van der Waals surface area contributed by atoms with Gasteiger partial charge < -0.3 is 123 Å². The molecule has 0 spiro atoms. The Kier molecular flexibility index (Phi) is 16.3. The van der Waals surface area contributed by atoms with Crippen molar-refractivity contribution in [1.82, 2.24) is 0 Å². The number of carboxylic acids is 4. The summed E-state index contributed by atoms with van der Waals surface area (Å²) < 4.78 is 45.3. The van der Waals surface area contributed by atoms with Crippen molar-refractivity contribution in [3.05, 3.63) is 0 Å². The smallest absolute Gasteiger partial charge is 0.187 e. The van der Waals surface area contributed by atoms with E-state index in [2.05, 4.69) is 0 Å². The fraction of sp³-hybridized carbons (Fsp3) is 0.857. The van der Waals surface area contributed by atoms with Gasteiger partial charge in [0.2, 0.25) is 0 Å². The quantitative estimate of drug-likeness (QED) is 0.0911. The summed E-state index contributed by atoms with van der Waals surface area (Å²) in [5.74, 6) is -8.42. The molecule has 4 fully saturated rings. The lowest BCUT2D eigenvalue weighted by atomic mass is 9.95. The molecule has 25 heteroatoms. The highest BCUT2D eigenvalue weighted by Crippen LogP contribution is 2.34. The van der Waals surface area contributed by atoms with Crippen LogP contribution in [0.25, 0.3) is 0 Å². The first kappa shape index (κ1) is 46.4. The van der Waals surface area contributed by atoms with E-state index in [0.717, 1.165) is 14.2 Å². The Hall–Kier alpha value is -2.80. The van der Waals surface area contributed by atoms with Crippen LogP contribution in [-0.2, 0) is 61.8 Å². The fourth-order valence-electron chi connectivity index (χ4n) is 5.82. The summed E-state index contributed by atoms with van der Waals surface area (Å²) in [5, 5.41) is 132. The minimum atomic E-state index is -2.54. The van der Waals surface area contributed by atoms with Crippen LogP contribution >= 0.6 is 0 Å². The zero-order chi connectivity index (χ0) is 38.2. The van der Waals surface area contributed by atoms with E-state index in [1.807, 2.05) is 0 Å². The van der Waals surface area contributed by atoms with E-state index < -0.39 is 147 Å². The molecular formula is C28H42O25-4. The molecule has 8 N–H and O–H groups in total. The number of aliphatic hydroxyl groups is 8. The highest BCUT2D eigenvalue weighted by Gasteiger charge is 2.56. The molecule has 53 heavy (non-hydrogen) atoms. The van der Waals surface area contributed by atoms with Crippen LogP contribution in [0.3, 0.4) is 0 Å². The summed E-state index contributed by atoms with van der Waals surface area (Å²) in [6.45, 7) is 0. The molecule has 0 bridgehead atoms. The molecule has 0 aromatic carbocycles. The first-order valence-electron chi connectivity index (χ1n) is 14.8. The van der Waals surface area contributed by atoms with E-state index in [4.69, 9.17) is 42.6 Å². The molecular weight excluding hydrogens is 736 g/mol. The number of ether oxygens (including phenoxy) is 9. The first-order chi connectivity index (χ1) is 23.9. The molecule has 4 rings (SSSR count). The third-order valence-corrected chi connectivity index (χ3v) is 8.49. The van der Waals surface area contributed by atoms with E-state index in [-0.39, 0.29) is 14.9 Å². The van der Waals surface area contributed by atoms with Gasteiger partial charge in [0.25, 0.3) is 0 Å². The van der Waals surface area contributed by atoms with Gasteiger partial charge in [0, 0.05) is 14.2 Å². The Balaban J connectivity index is 0.00000486. The Morgan fingerprint density at radius 1 is 0.396 bits per heavy atom. The highest BCUT2D eigenvalue weighted by atomic mass is 16.8. The SMILES string of the molecule is C.C.CO[C@@H]1O[C@@H](C(=O)[O-])[C@@H](O[C@@H]2OC(C(=O)[O-])[C@@H](O[C@@H]3O[C@@H](C(=O)[O-])[C@@H](O[C@@H]4OC(C(=O)[O-])[C@@H](OC)[C@@H](O)C4O)C(O)C3O)[C@H](O)C2O)C(O)C1O. The van der Waals surface area contributed by atoms with E-state index >= 15 is 0 Å². The largest absolute Gasteiger partial charge is 0.547 e. The number of methoxy groups -OCH3 is 2. The second-order valence-corrected chi connectivity index (χ2v) is 11.6. The van der Waals surface area contributed by atoms with Crippen molar-refractivity contribution in [2.24, 2.45) is 0 Å². The van der Waals surface area contributed by atoms with Gasteiger partial charge in [-0.15, -0.1) is 0 Å². The average Bonchev–Trinajstić information content (AvgIpc) is 3.07. The minimum Gasteiger partial charge on any atom is -0.547 e. The van der Waals surface area contributed by atoms with Gasteiger partial charge >= 0.3 is 0 Å². The average molecular weight is 779 g/mol. The van der Waals surface area contributed by atoms with Crippen LogP contribution in [0.5, 0.6) is 0 Å². The maximum atomic E-state index is 12.0. The van der Waals surface area contributed by atoms with Gasteiger partial charge in [-0.3, -0.25) is 0 Å². The highest BCUT2D eigenvalue weighted by molar-refractivity contribution is 5.72. The van der Waals surface area contributed by atoms with Gasteiger partial charge in [-0.2, -0.15) is 0 Å². The number of carbonyl (C=O) groups excluding carboxylic acids is 4. The molecule has 4 aliphatic heterocycles. The zero-order valence-corrected chi connectivity index (χ0v) is 26.1. The van der Waals surface area contributed by atoms with E-state index in [9.17, 15) is 80.5 Å². The predicted octanol–water partition coefficient (Wildman–Crippen LogP) is -12.1. The van der Waals surface area contributed by atoms with Crippen LogP contribution in [0.4, 0.5) is 0 Å². The first-order valence-corrected chi connectivity index (χ1v) is 14.8. The second kappa shape index (κ2) is 18.7. The fourth-order valence-corrected chi connectivity index (χ4v) is 5.82. The number of carboxylic acid groups (broad SMARTS) is 4. The summed E-state index contributed by atoms with van der Waals surface area (Å²) in [6, 6.07) is 0. The zero-order valence-electron chi connectivity index (χ0n) is 26.1. The van der Waals surface area contributed by atoms with E-state index in [1.54, 1.807) is 0 Å². The Morgan fingerprint density at radius 2 is 0.623 bits per heavy atom. The monoisotopic (exact) mass is 778 g/mol. The second-order valence-electron chi connectivity index (χ2n) is 11.6. The van der Waals surface area contributed by atoms with Gasteiger partial charge in [-0.05, 0) is 0 Å². The molecule has 0 aliphatic carbocycles. The van der Waals surface area contributed by atoms with Crippen molar-refractivity contribution in [3.8, 4) is 0 Å². The maximum absolute atomic E-state index is 12.0. The number of aliphatic hydroxyl groups excluding tert-OH is 8. The van der Waals surface area contributed by atoms with Crippen molar-refractivity contribution in [2.45, 2.75) is 138 Å². The van der Waals surface area contributed by atoms with Crippen molar-refractivity contribution in [3.63, 3.8) is 0 Å². The van der Waals surface area contributed by atoms with Crippen LogP contribution in [0, 0.1) is 0 Å². The number of hydrogen-bond donors (Lipinski definition) is 8. The molecule has 0 amide bonds. The number of carbonyl (C=O) groups is 4. The molecule has 0 aromatic heterocycles. The van der Waals surface area contributed by atoms with Gasteiger partial charge in [-0.25, -0.2) is 0 Å². The van der Waals surface area contributed by atoms with E-state index in [0.29, 0.717) is 0 Å². The van der Waals surface area contributed by atoms with Crippen LogP contribution < -0.4 is 20.4 Å². The molecule has 4 heterocycles. The Bertz CT molecular complexity index is 1250. The summed E-state index contributed by atoms with van der Waals surface area (Å²) in [4.78, 5) is 47.2. The molecule has 0 saturated carbocycles. The summed E-state index contributed by atoms with van der Waals surface area (Å²) in [6.07, 6.45) is -44.8. The number of aliphatic carboxylic acids is 4. The lowest BCUT2D eigenvalue weighted by Gasteiger charge is -2.49. The van der Waals surface area contributed by atoms with Gasteiger partial charge in [0.1, 0.15) is 97.7 Å². The van der Waals surface area contributed by atoms with Crippen molar-refractivity contribution in [2.75, 3.05) is 14.2 Å². The number of hydrogen-bond acceptors (Lipinski definition) is 25. The Morgan fingerprint density at radius 3 is 0.868 bits per heavy atom. The van der Waals surface area contributed by atoms with Crippen LogP contribution in [0.1, 0.15) is 14.9 Å². The predicted molar refractivity (Wildman–Crippen MR) is 149 cm³/mol. The minimum absolute atomic E-state index is 0. The maximum Gasteiger partial charge on any atom is 0.187 e. The van der Waals surface area contributed by atoms with Crippen LogP contribution in [-0.4, -0.2) is 202 Å². The topological polar surface area (TPSA) is 405 Å². The third kappa shape index (κ3) is 9.19. The van der Waals surface area contributed by atoms with E-state index in [1.165, 1.54) is 0 Å². The molecule has 4 aliphatic rings. The van der Waals surface area contributed by atoms with Crippen LogP contribution in [0.15, 0.2) is 0 Å².